The molecule has 0 amide bonds. The van der Waals surface area contributed by atoms with Gasteiger partial charge in [-0.25, -0.2) is 0 Å². The zero-order valence-corrected chi connectivity index (χ0v) is 41.7. The van der Waals surface area contributed by atoms with Crippen molar-refractivity contribution >= 4 is 13.8 Å². The van der Waals surface area contributed by atoms with Crippen LogP contribution in [-0.2, 0) is 27.9 Å². The molecule has 0 aromatic carbocycles. The SMILES string of the molecule is CC/C=C\C/C=C\C/C=C\C/C=C\C/C=C\C/C=C\CCC(=O)OC(COCCCCCCCCCCCCCCCCCCCCCCC)COP(=O)([O-])OCC[N+](C)(C)C. The van der Waals surface area contributed by atoms with Gasteiger partial charge in [0.15, 0.2) is 0 Å². The number of ether oxygens (including phenoxy) is 2. The number of carbonyl (C=O) groups excluding carboxylic acids is 1. The third-order valence-corrected chi connectivity index (χ3v) is 11.5. The normalized spacial score (nSPS) is 14.2. The zero-order valence-electron chi connectivity index (χ0n) is 40.8. The van der Waals surface area contributed by atoms with E-state index in [9.17, 15) is 14.3 Å². The predicted octanol–water partition coefficient (Wildman–Crippen LogP) is 14.8. The van der Waals surface area contributed by atoms with E-state index in [1.54, 1.807) is 0 Å². The zero-order chi connectivity index (χ0) is 45.5. The number of phosphoric ester groups is 1. The van der Waals surface area contributed by atoms with Gasteiger partial charge in [-0.15, -0.1) is 0 Å². The van der Waals surface area contributed by atoms with Gasteiger partial charge >= 0.3 is 5.97 Å². The van der Waals surface area contributed by atoms with E-state index >= 15 is 0 Å². The Morgan fingerprint density at radius 3 is 1.31 bits per heavy atom. The Balaban J connectivity index is 4.25. The highest BCUT2D eigenvalue weighted by molar-refractivity contribution is 7.45. The first-order valence-electron chi connectivity index (χ1n) is 25.2. The van der Waals surface area contributed by atoms with Crippen LogP contribution < -0.4 is 4.89 Å². The highest BCUT2D eigenvalue weighted by Crippen LogP contribution is 2.38. The van der Waals surface area contributed by atoms with Gasteiger partial charge in [-0.2, -0.15) is 0 Å². The molecule has 8 nitrogen and oxygen atoms in total. The Morgan fingerprint density at radius 1 is 0.516 bits per heavy atom. The van der Waals surface area contributed by atoms with Crippen molar-refractivity contribution in [2.45, 2.75) is 206 Å². The summed E-state index contributed by atoms with van der Waals surface area (Å²) >= 11 is 0. The molecule has 0 aliphatic rings. The summed E-state index contributed by atoms with van der Waals surface area (Å²) in [6.45, 7) is 5.21. The smallest absolute Gasteiger partial charge is 0.306 e. The second-order valence-electron chi connectivity index (χ2n) is 17.8. The number of allylic oxidation sites excluding steroid dienone is 12. The van der Waals surface area contributed by atoms with Crippen molar-refractivity contribution < 1.29 is 37.3 Å². The number of unbranched alkanes of at least 4 members (excludes halogenated alkanes) is 20. The number of carbonyl (C=O) groups is 1. The standard InChI is InChI=1S/C53H96NO7P/c1-6-8-10-12-14-16-18-20-22-24-26-27-29-31-33-35-37-39-41-43-45-48-58-50-52(51-60-62(56,57)59-49-47-54(3,4)5)61-53(55)46-44-42-40-38-36-34-32-30-28-25-23-21-19-17-15-13-11-9-7-2/h9,11,15,17,21,23,28,30,34,36,40,42,52H,6-8,10,12-14,16,18-20,22,24-27,29,31-33,35,37-39,41,43-51H2,1-5H3/b11-9-,17-15-,23-21-,30-28-,36-34-,42-40-. The molecule has 0 N–H and O–H groups in total. The van der Waals surface area contributed by atoms with Crippen LogP contribution in [-0.4, -0.2) is 70.7 Å². The average Bonchev–Trinajstić information content (AvgIpc) is 3.23. The summed E-state index contributed by atoms with van der Waals surface area (Å²) in [5.41, 5.74) is 0. The van der Waals surface area contributed by atoms with Crippen molar-refractivity contribution in [2.75, 3.05) is 54.1 Å². The van der Waals surface area contributed by atoms with E-state index in [0.29, 0.717) is 24.1 Å². The van der Waals surface area contributed by atoms with Crippen LogP contribution in [0.1, 0.15) is 200 Å². The van der Waals surface area contributed by atoms with Crippen molar-refractivity contribution in [1.82, 2.24) is 0 Å². The van der Waals surface area contributed by atoms with Crippen LogP contribution >= 0.6 is 7.82 Å². The number of hydrogen-bond acceptors (Lipinski definition) is 7. The van der Waals surface area contributed by atoms with Crippen molar-refractivity contribution in [2.24, 2.45) is 0 Å². The number of phosphoric acid groups is 1. The summed E-state index contributed by atoms with van der Waals surface area (Å²) in [7, 11) is 1.31. The summed E-state index contributed by atoms with van der Waals surface area (Å²) < 4.78 is 34.6. The molecule has 0 aliphatic carbocycles. The maximum Gasteiger partial charge on any atom is 0.306 e. The average molecular weight is 890 g/mol. The molecule has 0 fully saturated rings. The quantitative estimate of drug-likeness (QED) is 0.0197. The van der Waals surface area contributed by atoms with Crippen LogP contribution in [0.4, 0.5) is 0 Å². The molecule has 0 bridgehead atoms. The molecular weight excluding hydrogens is 794 g/mol. The Labute approximate surface area is 383 Å². The molecule has 0 aromatic rings. The molecule has 9 heteroatoms. The topological polar surface area (TPSA) is 94.1 Å². The van der Waals surface area contributed by atoms with Gasteiger partial charge in [0.2, 0.25) is 0 Å². The summed E-state index contributed by atoms with van der Waals surface area (Å²) in [4.78, 5) is 25.1. The molecule has 0 saturated heterocycles. The number of likely N-dealkylation sites (N-methyl/N-ethyl adjacent to an activating group) is 1. The first-order valence-corrected chi connectivity index (χ1v) is 26.6. The third kappa shape index (κ3) is 49.0. The minimum absolute atomic E-state index is 0.0106. The van der Waals surface area contributed by atoms with Gasteiger partial charge in [0, 0.05) is 13.0 Å². The molecule has 0 spiro atoms. The lowest BCUT2D eigenvalue weighted by atomic mass is 10.0. The van der Waals surface area contributed by atoms with Crippen LogP contribution in [0.3, 0.4) is 0 Å². The number of quaternary nitrogens is 1. The van der Waals surface area contributed by atoms with Crippen LogP contribution in [0.5, 0.6) is 0 Å². The fourth-order valence-corrected chi connectivity index (χ4v) is 7.42. The summed E-state index contributed by atoms with van der Waals surface area (Å²) in [6.07, 6.45) is 59.5. The molecule has 62 heavy (non-hydrogen) atoms. The first kappa shape index (κ1) is 59.9. The molecule has 0 heterocycles. The Morgan fingerprint density at radius 2 is 0.903 bits per heavy atom. The molecule has 0 rings (SSSR count). The Bertz CT molecular complexity index is 1220. The molecule has 0 radical (unpaired) electrons. The highest BCUT2D eigenvalue weighted by atomic mass is 31.2. The van der Waals surface area contributed by atoms with E-state index in [0.717, 1.165) is 51.4 Å². The Kier molecular flexibility index (Phi) is 44.0. The second kappa shape index (κ2) is 45.5. The minimum atomic E-state index is -4.55. The third-order valence-electron chi connectivity index (χ3n) is 10.5. The van der Waals surface area contributed by atoms with Crippen LogP contribution in [0.15, 0.2) is 72.9 Å². The lowest BCUT2D eigenvalue weighted by molar-refractivity contribution is -0.870. The molecule has 360 valence electrons. The van der Waals surface area contributed by atoms with Gasteiger partial charge in [-0.1, -0.05) is 215 Å². The molecule has 0 aromatic heterocycles. The lowest BCUT2D eigenvalue weighted by Gasteiger charge is -2.28. The Hall–Kier alpha value is -2.06. The summed E-state index contributed by atoms with van der Waals surface area (Å²) in [5, 5.41) is 0. The second-order valence-corrected chi connectivity index (χ2v) is 19.2. The fraction of sp³-hybridized carbons (Fsp3) is 0.755. The van der Waals surface area contributed by atoms with Crippen molar-refractivity contribution in [3.63, 3.8) is 0 Å². The van der Waals surface area contributed by atoms with Gasteiger partial charge in [0.25, 0.3) is 7.82 Å². The van der Waals surface area contributed by atoms with E-state index in [-0.39, 0.29) is 26.2 Å². The van der Waals surface area contributed by atoms with Gasteiger partial charge in [-0.3, -0.25) is 9.36 Å². The van der Waals surface area contributed by atoms with E-state index in [4.69, 9.17) is 18.5 Å². The largest absolute Gasteiger partial charge is 0.756 e. The van der Waals surface area contributed by atoms with Crippen molar-refractivity contribution in [3.8, 4) is 0 Å². The van der Waals surface area contributed by atoms with Gasteiger partial charge < -0.3 is 27.9 Å². The fourth-order valence-electron chi connectivity index (χ4n) is 6.69. The molecular formula is C53H96NO7P. The molecule has 2 unspecified atom stereocenters. The summed E-state index contributed by atoms with van der Waals surface area (Å²) in [5.74, 6) is -0.414. The number of nitrogens with zero attached hydrogens (tertiary/aromatic N) is 1. The van der Waals surface area contributed by atoms with Crippen molar-refractivity contribution in [1.29, 1.82) is 0 Å². The monoisotopic (exact) mass is 890 g/mol. The molecule has 2 atom stereocenters. The molecule has 0 saturated carbocycles. The number of esters is 1. The predicted molar refractivity (Wildman–Crippen MR) is 263 cm³/mol. The van der Waals surface area contributed by atoms with E-state index in [1.165, 1.54) is 122 Å². The van der Waals surface area contributed by atoms with Gasteiger partial charge in [0.05, 0.1) is 34.4 Å². The van der Waals surface area contributed by atoms with Crippen LogP contribution in [0, 0.1) is 0 Å². The van der Waals surface area contributed by atoms with E-state index < -0.39 is 19.9 Å². The maximum absolute atomic E-state index is 12.7. The highest BCUT2D eigenvalue weighted by Gasteiger charge is 2.20. The van der Waals surface area contributed by atoms with Gasteiger partial charge in [0.1, 0.15) is 19.3 Å². The molecule has 0 aliphatic heterocycles. The van der Waals surface area contributed by atoms with Gasteiger partial charge in [-0.05, 0) is 51.4 Å². The lowest BCUT2D eigenvalue weighted by Crippen LogP contribution is -2.37. The number of rotatable bonds is 46. The van der Waals surface area contributed by atoms with E-state index in [1.807, 2.05) is 33.3 Å². The van der Waals surface area contributed by atoms with Crippen molar-refractivity contribution in [3.05, 3.63) is 72.9 Å². The first-order chi connectivity index (χ1) is 30.1. The van der Waals surface area contributed by atoms with Crippen LogP contribution in [0.2, 0.25) is 0 Å². The number of hydrogen-bond donors (Lipinski definition) is 0. The summed E-state index contributed by atoms with van der Waals surface area (Å²) in [6, 6.07) is 0. The maximum atomic E-state index is 12.7. The van der Waals surface area contributed by atoms with Crippen LogP contribution in [0.25, 0.3) is 0 Å². The van der Waals surface area contributed by atoms with E-state index in [2.05, 4.69) is 74.6 Å². The minimum Gasteiger partial charge on any atom is -0.756 e.